The van der Waals surface area contributed by atoms with Gasteiger partial charge in [0.25, 0.3) is 0 Å². The number of rotatable bonds is 5. The van der Waals surface area contributed by atoms with Crippen molar-refractivity contribution >= 4 is 16.5 Å². The van der Waals surface area contributed by atoms with Crippen molar-refractivity contribution in [3.8, 4) is 5.13 Å². The summed E-state index contributed by atoms with van der Waals surface area (Å²) in [6.07, 6.45) is 7.54. The van der Waals surface area contributed by atoms with Crippen LogP contribution in [0.1, 0.15) is 38.3 Å². The van der Waals surface area contributed by atoms with E-state index in [1.165, 1.54) is 44.5 Å². The van der Waals surface area contributed by atoms with Crippen molar-refractivity contribution in [2.45, 2.75) is 39.2 Å². The van der Waals surface area contributed by atoms with Crippen LogP contribution in [-0.2, 0) is 6.54 Å². The molecule has 2 aliphatic rings. The zero-order valence-corrected chi connectivity index (χ0v) is 16.6. The van der Waals surface area contributed by atoms with Gasteiger partial charge in [-0.05, 0) is 44.6 Å². The van der Waals surface area contributed by atoms with Gasteiger partial charge in [-0.15, -0.1) is 10.2 Å². The van der Waals surface area contributed by atoms with Crippen molar-refractivity contribution in [3.05, 3.63) is 24.0 Å². The molecule has 0 spiro atoms. The highest BCUT2D eigenvalue weighted by Gasteiger charge is 2.20. The van der Waals surface area contributed by atoms with E-state index in [0.29, 0.717) is 0 Å². The molecule has 2 saturated heterocycles. The summed E-state index contributed by atoms with van der Waals surface area (Å²) in [5, 5.41) is 11.0. The van der Waals surface area contributed by atoms with Crippen LogP contribution in [0, 0.1) is 0 Å². The first kappa shape index (κ1) is 17.9. The van der Waals surface area contributed by atoms with Crippen molar-refractivity contribution in [1.82, 2.24) is 24.6 Å². The summed E-state index contributed by atoms with van der Waals surface area (Å²) in [6.45, 7) is 11.2. The summed E-state index contributed by atoms with van der Waals surface area (Å²) < 4.78 is 2.23. The third-order valence-corrected chi connectivity index (χ3v) is 6.60. The average molecular weight is 375 g/mol. The van der Waals surface area contributed by atoms with E-state index in [9.17, 15) is 0 Å². The molecule has 0 atom stereocenters. The second kappa shape index (κ2) is 8.50. The zero-order chi connectivity index (χ0) is 17.8. The average Bonchev–Trinajstić information content (AvgIpc) is 3.26. The monoisotopic (exact) mass is 374 g/mol. The Labute approximate surface area is 160 Å². The molecule has 6 nitrogen and oxygen atoms in total. The first-order chi connectivity index (χ1) is 12.8. The zero-order valence-electron chi connectivity index (χ0n) is 15.8. The van der Waals surface area contributed by atoms with Crippen LogP contribution in [0.25, 0.3) is 5.13 Å². The van der Waals surface area contributed by atoms with Gasteiger partial charge < -0.3 is 9.80 Å². The molecule has 0 amide bonds. The summed E-state index contributed by atoms with van der Waals surface area (Å²) in [5.41, 5.74) is 1.32. The van der Waals surface area contributed by atoms with E-state index >= 15 is 0 Å². The maximum Gasteiger partial charge on any atom is 0.218 e. The summed E-state index contributed by atoms with van der Waals surface area (Å²) in [4.78, 5) is 7.46. The summed E-state index contributed by atoms with van der Waals surface area (Å²) in [5.74, 6) is 0. The lowest BCUT2D eigenvalue weighted by atomic mass is 10.2. The fraction of sp³-hybridized carbons (Fsp3) is 0.684. The number of anilines is 1. The molecule has 4 heterocycles. The molecule has 0 radical (unpaired) electrons. The number of likely N-dealkylation sites (N-methyl/N-ethyl adjacent to an activating group) is 1. The topological polar surface area (TPSA) is 40.4 Å². The van der Waals surface area contributed by atoms with E-state index in [1.807, 2.05) is 0 Å². The van der Waals surface area contributed by atoms with E-state index in [2.05, 4.69) is 54.7 Å². The largest absolute Gasteiger partial charge is 0.344 e. The van der Waals surface area contributed by atoms with Gasteiger partial charge in [0, 0.05) is 44.6 Å². The summed E-state index contributed by atoms with van der Waals surface area (Å²) in [6, 6.07) is 4.36. The molecule has 26 heavy (non-hydrogen) atoms. The Kier molecular flexibility index (Phi) is 5.87. The van der Waals surface area contributed by atoms with Gasteiger partial charge in [0.2, 0.25) is 10.3 Å². The molecule has 2 fully saturated rings. The van der Waals surface area contributed by atoms with Crippen molar-refractivity contribution < 1.29 is 0 Å². The van der Waals surface area contributed by atoms with Gasteiger partial charge in [-0.25, -0.2) is 0 Å². The summed E-state index contributed by atoms with van der Waals surface area (Å²) in [7, 11) is 0. The second-order valence-electron chi connectivity index (χ2n) is 7.35. The fourth-order valence-electron chi connectivity index (χ4n) is 3.94. The van der Waals surface area contributed by atoms with Crippen LogP contribution in [0.15, 0.2) is 18.3 Å². The Morgan fingerprint density at radius 2 is 1.62 bits per heavy atom. The van der Waals surface area contributed by atoms with Crippen LogP contribution >= 0.6 is 11.3 Å². The minimum absolute atomic E-state index is 0.993. The summed E-state index contributed by atoms with van der Waals surface area (Å²) >= 11 is 1.72. The van der Waals surface area contributed by atoms with Gasteiger partial charge in [-0.1, -0.05) is 31.1 Å². The Balaban J connectivity index is 1.44. The van der Waals surface area contributed by atoms with E-state index in [4.69, 9.17) is 0 Å². The molecule has 2 aromatic heterocycles. The Morgan fingerprint density at radius 1 is 0.885 bits per heavy atom. The Hall–Kier alpha value is -1.44. The van der Waals surface area contributed by atoms with Gasteiger partial charge in [0.15, 0.2) is 0 Å². The van der Waals surface area contributed by atoms with E-state index in [0.717, 1.165) is 49.5 Å². The number of hydrogen-bond donors (Lipinski definition) is 0. The molecule has 2 aromatic rings. The van der Waals surface area contributed by atoms with E-state index in [-0.39, 0.29) is 0 Å². The number of piperazine rings is 1. The normalized spacial score (nSPS) is 20.4. The van der Waals surface area contributed by atoms with Crippen LogP contribution in [0.2, 0.25) is 0 Å². The van der Waals surface area contributed by atoms with Crippen LogP contribution in [-0.4, -0.2) is 70.4 Å². The SMILES string of the molecule is CCN1CCN(c2nnc(-n3cccc3CN3CCCCCC3)s2)CC1. The van der Waals surface area contributed by atoms with Crippen molar-refractivity contribution in [3.63, 3.8) is 0 Å². The molecule has 4 rings (SSSR count). The lowest BCUT2D eigenvalue weighted by molar-refractivity contribution is 0.271. The molecule has 0 saturated carbocycles. The molecular weight excluding hydrogens is 344 g/mol. The minimum Gasteiger partial charge on any atom is -0.344 e. The third kappa shape index (κ3) is 4.10. The maximum absolute atomic E-state index is 4.50. The fourth-order valence-corrected chi connectivity index (χ4v) is 4.86. The Bertz CT molecular complexity index is 680. The first-order valence-corrected chi connectivity index (χ1v) is 10.8. The molecular formula is C19H30N6S. The number of aromatic nitrogens is 3. The van der Waals surface area contributed by atoms with E-state index in [1.54, 1.807) is 11.3 Å². The molecule has 2 aliphatic heterocycles. The number of likely N-dealkylation sites (tertiary alicyclic amines) is 1. The standard InChI is InChI=1S/C19H30N6S/c1-2-22-12-14-24(15-13-22)18-20-21-19(26-18)25-11-7-8-17(25)16-23-9-5-3-4-6-10-23/h7-8,11H,2-6,9-10,12-16H2,1H3. The van der Waals surface area contributed by atoms with Gasteiger partial charge in [0.05, 0.1) is 0 Å². The van der Waals surface area contributed by atoms with Crippen molar-refractivity contribution in [2.75, 3.05) is 50.7 Å². The molecule has 0 unspecified atom stereocenters. The van der Waals surface area contributed by atoms with Gasteiger partial charge >= 0.3 is 0 Å². The van der Waals surface area contributed by atoms with Gasteiger partial charge in [-0.2, -0.15) is 0 Å². The van der Waals surface area contributed by atoms with Gasteiger partial charge in [-0.3, -0.25) is 9.47 Å². The van der Waals surface area contributed by atoms with Crippen molar-refractivity contribution in [1.29, 1.82) is 0 Å². The second-order valence-corrected chi connectivity index (χ2v) is 8.28. The predicted molar refractivity (Wildman–Crippen MR) is 107 cm³/mol. The molecule has 0 aromatic carbocycles. The maximum atomic E-state index is 4.50. The smallest absolute Gasteiger partial charge is 0.218 e. The lowest BCUT2D eigenvalue weighted by Gasteiger charge is -2.33. The highest BCUT2D eigenvalue weighted by atomic mass is 32.1. The minimum atomic E-state index is 0.993. The Morgan fingerprint density at radius 3 is 2.35 bits per heavy atom. The van der Waals surface area contributed by atoms with Crippen LogP contribution < -0.4 is 4.90 Å². The number of hydrogen-bond acceptors (Lipinski definition) is 6. The quantitative estimate of drug-likeness (QED) is 0.805. The highest BCUT2D eigenvalue weighted by molar-refractivity contribution is 7.17. The van der Waals surface area contributed by atoms with E-state index < -0.39 is 0 Å². The lowest BCUT2D eigenvalue weighted by Crippen LogP contribution is -2.46. The molecule has 0 bridgehead atoms. The van der Waals surface area contributed by atoms with Crippen molar-refractivity contribution in [2.24, 2.45) is 0 Å². The van der Waals surface area contributed by atoms with Crippen LogP contribution in [0.4, 0.5) is 5.13 Å². The van der Waals surface area contributed by atoms with Gasteiger partial charge in [0.1, 0.15) is 0 Å². The van der Waals surface area contributed by atoms with Crippen LogP contribution in [0.5, 0.6) is 0 Å². The molecule has 0 aliphatic carbocycles. The highest BCUT2D eigenvalue weighted by Crippen LogP contribution is 2.26. The molecule has 142 valence electrons. The number of nitrogens with zero attached hydrogens (tertiary/aromatic N) is 6. The third-order valence-electron chi connectivity index (χ3n) is 5.62. The molecule has 7 heteroatoms. The molecule has 0 N–H and O–H groups in total. The van der Waals surface area contributed by atoms with Crippen LogP contribution in [0.3, 0.4) is 0 Å². The predicted octanol–water partition coefficient (Wildman–Crippen LogP) is 2.85. The first-order valence-electron chi connectivity index (χ1n) is 10.0.